The van der Waals surface area contributed by atoms with Crippen LogP contribution in [-0.2, 0) is 14.3 Å². The van der Waals surface area contributed by atoms with Crippen molar-refractivity contribution < 1.29 is 34.1 Å². The summed E-state index contributed by atoms with van der Waals surface area (Å²) in [4.78, 5) is 24.9. The SMILES string of the molecule is CO[C@H](CC/C=C/C(=O)NO)[C@H](OC(=O)Nc1ccc(SC)cc1)c1ccc(OCCO)cc1. The maximum atomic E-state index is 12.7. The number of carbonyl (C=O) groups is 2. The van der Waals surface area contributed by atoms with E-state index in [-0.39, 0.29) is 13.2 Å². The number of aliphatic hydroxyl groups is 1. The Morgan fingerprint density at radius 2 is 1.82 bits per heavy atom. The number of nitrogens with one attached hydrogen (secondary N) is 2. The lowest BCUT2D eigenvalue weighted by Gasteiger charge is -2.26. The molecule has 2 atom stereocenters. The van der Waals surface area contributed by atoms with Crippen molar-refractivity contribution in [3.63, 3.8) is 0 Å². The second kappa shape index (κ2) is 15.0. The van der Waals surface area contributed by atoms with Gasteiger partial charge in [-0.15, -0.1) is 11.8 Å². The van der Waals surface area contributed by atoms with Crippen LogP contribution in [0.25, 0.3) is 0 Å². The highest BCUT2D eigenvalue weighted by Crippen LogP contribution is 2.29. The van der Waals surface area contributed by atoms with E-state index in [4.69, 9.17) is 24.5 Å². The van der Waals surface area contributed by atoms with Crippen molar-refractivity contribution in [2.75, 3.05) is 31.9 Å². The third-order valence-corrected chi connectivity index (χ3v) is 5.52. The third kappa shape index (κ3) is 9.06. The molecule has 0 saturated carbocycles. The molecule has 0 bridgehead atoms. The van der Waals surface area contributed by atoms with Crippen molar-refractivity contribution in [3.05, 3.63) is 66.2 Å². The fourth-order valence-corrected chi connectivity index (χ4v) is 3.50. The second-order valence-corrected chi connectivity index (χ2v) is 7.93. The van der Waals surface area contributed by atoms with E-state index in [1.807, 2.05) is 18.4 Å². The first-order valence-corrected chi connectivity index (χ1v) is 11.8. The van der Waals surface area contributed by atoms with Crippen LogP contribution in [-0.4, -0.2) is 55.0 Å². The number of rotatable bonds is 13. The molecule has 34 heavy (non-hydrogen) atoms. The summed E-state index contributed by atoms with van der Waals surface area (Å²) in [6.45, 7) is 0.0740. The number of carbonyl (C=O) groups excluding carboxylic acids is 2. The van der Waals surface area contributed by atoms with E-state index in [0.29, 0.717) is 29.8 Å². The minimum Gasteiger partial charge on any atom is -0.491 e. The van der Waals surface area contributed by atoms with E-state index in [9.17, 15) is 9.59 Å². The van der Waals surface area contributed by atoms with Gasteiger partial charge < -0.3 is 19.3 Å². The number of benzene rings is 2. The number of hydrogen-bond acceptors (Lipinski definition) is 8. The lowest BCUT2D eigenvalue weighted by molar-refractivity contribution is -0.124. The molecule has 184 valence electrons. The van der Waals surface area contributed by atoms with Crippen LogP contribution in [0.4, 0.5) is 10.5 Å². The minimum atomic E-state index is -0.748. The van der Waals surface area contributed by atoms with Gasteiger partial charge in [-0.25, -0.2) is 10.3 Å². The molecule has 0 aliphatic heterocycles. The summed E-state index contributed by atoms with van der Waals surface area (Å²) in [5.41, 5.74) is 2.81. The highest BCUT2D eigenvalue weighted by Gasteiger charge is 2.27. The Bertz CT molecular complexity index is 920. The highest BCUT2D eigenvalue weighted by atomic mass is 32.2. The molecule has 0 aliphatic carbocycles. The molecule has 4 N–H and O–H groups in total. The summed E-state index contributed by atoms with van der Waals surface area (Å²) in [6, 6.07) is 14.3. The molecule has 2 aromatic rings. The number of hydrogen-bond donors (Lipinski definition) is 4. The van der Waals surface area contributed by atoms with Crippen LogP contribution in [0, 0.1) is 0 Å². The van der Waals surface area contributed by atoms with E-state index in [1.165, 1.54) is 18.7 Å². The first-order chi connectivity index (χ1) is 16.5. The molecule has 0 aliphatic rings. The summed E-state index contributed by atoms with van der Waals surface area (Å²) < 4.78 is 16.8. The van der Waals surface area contributed by atoms with Gasteiger partial charge in [-0.3, -0.25) is 15.3 Å². The summed E-state index contributed by atoms with van der Waals surface area (Å²) in [5, 5.41) is 20.2. The second-order valence-electron chi connectivity index (χ2n) is 7.05. The van der Waals surface area contributed by atoms with Crippen LogP contribution in [0.15, 0.2) is 65.6 Å². The number of amides is 2. The molecule has 9 nitrogen and oxygen atoms in total. The summed E-state index contributed by atoms with van der Waals surface area (Å²) in [5.74, 6) is -0.0612. The molecule has 0 fully saturated rings. The van der Waals surface area contributed by atoms with Gasteiger partial charge in [0.05, 0.1) is 12.7 Å². The maximum Gasteiger partial charge on any atom is 0.412 e. The van der Waals surface area contributed by atoms with Gasteiger partial charge in [-0.1, -0.05) is 18.2 Å². The van der Waals surface area contributed by atoms with Crippen molar-refractivity contribution in [3.8, 4) is 5.75 Å². The first-order valence-electron chi connectivity index (χ1n) is 10.6. The van der Waals surface area contributed by atoms with E-state index < -0.39 is 24.2 Å². The van der Waals surface area contributed by atoms with Crippen LogP contribution in [0.2, 0.25) is 0 Å². The van der Waals surface area contributed by atoms with Crippen LogP contribution >= 0.6 is 11.8 Å². The topological polar surface area (TPSA) is 126 Å². The van der Waals surface area contributed by atoms with Crippen LogP contribution in [0.3, 0.4) is 0 Å². The van der Waals surface area contributed by atoms with Crippen molar-refractivity contribution >= 4 is 29.4 Å². The Morgan fingerprint density at radius 3 is 2.41 bits per heavy atom. The molecule has 2 aromatic carbocycles. The Balaban J connectivity index is 2.16. The van der Waals surface area contributed by atoms with Crippen LogP contribution in [0.5, 0.6) is 5.75 Å². The van der Waals surface area contributed by atoms with Gasteiger partial charge in [0.2, 0.25) is 0 Å². The standard InChI is InChI=1S/C24H30N2O7S/c1-31-21(5-3-4-6-22(28)26-30)23(17-7-11-19(12-8-17)32-16-15-27)33-24(29)25-18-9-13-20(34-2)14-10-18/h4,6-14,21,23,27,30H,3,5,15-16H2,1-2H3,(H,25,29)(H,26,28)/b6-4+/t21-,23-/m1/s1. The van der Waals surface area contributed by atoms with Crippen LogP contribution in [0.1, 0.15) is 24.5 Å². The molecular weight excluding hydrogens is 460 g/mol. The number of ether oxygens (including phenoxy) is 3. The number of anilines is 1. The molecule has 0 unspecified atom stereocenters. The van der Waals surface area contributed by atoms with Gasteiger partial charge in [0.15, 0.2) is 6.10 Å². The normalized spacial score (nSPS) is 12.7. The van der Waals surface area contributed by atoms with E-state index in [0.717, 1.165) is 4.90 Å². The fourth-order valence-electron chi connectivity index (χ4n) is 3.09. The average Bonchev–Trinajstić information content (AvgIpc) is 2.87. The number of methoxy groups -OCH3 is 1. The zero-order valence-corrected chi connectivity index (χ0v) is 19.9. The summed E-state index contributed by atoms with van der Waals surface area (Å²) in [6.07, 6.45) is 3.75. The van der Waals surface area contributed by atoms with Crippen molar-refractivity contribution in [1.82, 2.24) is 5.48 Å². The van der Waals surface area contributed by atoms with Gasteiger partial charge >= 0.3 is 6.09 Å². The van der Waals surface area contributed by atoms with Gasteiger partial charge in [-0.05, 0) is 61.1 Å². The molecule has 2 rings (SSSR count). The Labute approximate surface area is 203 Å². The Morgan fingerprint density at radius 1 is 1.12 bits per heavy atom. The summed E-state index contributed by atoms with van der Waals surface area (Å²) >= 11 is 1.60. The fraction of sp³-hybridized carbons (Fsp3) is 0.333. The average molecular weight is 491 g/mol. The smallest absolute Gasteiger partial charge is 0.412 e. The Kier molecular flexibility index (Phi) is 12.0. The monoisotopic (exact) mass is 490 g/mol. The Hall–Kier alpha value is -3.05. The number of hydroxylamine groups is 1. The molecule has 0 heterocycles. The highest BCUT2D eigenvalue weighted by molar-refractivity contribution is 7.98. The van der Waals surface area contributed by atoms with Gasteiger partial charge in [-0.2, -0.15) is 0 Å². The van der Waals surface area contributed by atoms with Crippen LogP contribution < -0.4 is 15.5 Å². The van der Waals surface area contributed by atoms with Gasteiger partial charge in [0.25, 0.3) is 5.91 Å². The lowest BCUT2D eigenvalue weighted by Crippen LogP contribution is -2.28. The predicted octanol–water partition coefficient (Wildman–Crippen LogP) is 3.93. The van der Waals surface area contributed by atoms with Crippen molar-refractivity contribution in [2.45, 2.75) is 29.9 Å². The molecule has 0 aromatic heterocycles. The predicted molar refractivity (Wildman–Crippen MR) is 129 cm³/mol. The quantitative estimate of drug-likeness (QED) is 0.144. The van der Waals surface area contributed by atoms with Gasteiger partial charge in [0.1, 0.15) is 12.4 Å². The zero-order chi connectivity index (χ0) is 24.8. The largest absolute Gasteiger partial charge is 0.491 e. The first kappa shape index (κ1) is 27.2. The molecule has 10 heteroatoms. The zero-order valence-electron chi connectivity index (χ0n) is 19.1. The van der Waals surface area contributed by atoms with Crippen molar-refractivity contribution in [2.24, 2.45) is 0 Å². The third-order valence-electron chi connectivity index (χ3n) is 4.78. The summed E-state index contributed by atoms with van der Waals surface area (Å²) in [7, 11) is 1.52. The minimum absolute atomic E-state index is 0.0981. The molecule has 0 radical (unpaired) electrons. The molecule has 0 saturated heterocycles. The van der Waals surface area contributed by atoms with E-state index >= 15 is 0 Å². The number of allylic oxidation sites excluding steroid dienone is 1. The maximum absolute atomic E-state index is 12.7. The molecular formula is C24H30N2O7S. The lowest BCUT2D eigenvalue weighted by atomic mass is 10.00. The van der Waals surface area contributed by atoms with E-state index in [1.54, 1.807) is 54.2 Å². The molecule has 0 spiro atoms. The van der Waals surface area contributed by atoms with Gasteiger partial charge in [0, 0.05) is 23.8 Å². The number of aliphatic hydroxyl groups excluding tert-OH is 1. The molecule has 2 amide bonds. The van der Waals surface area contributed by atoms with E-state index in [2.05, 4.69) is 5.32 Å². The number of thioether (sulfide) groups is 1. The van der Waals surface area contributed by atoms with Crippen molar-refractivity contribution in [1.29, 1.82) is 0 Å².